The Kier molecular flexibility index (Phi) is 3.26. The molecule has 0 heterocycles. The van der Waals surface area contributed by atoms with Crippen molar-refractivity contribution in [3.63, 3.8) is 0 Å². The fraction of sp³-hybridized carbons (Fsp3) is 1.00. The van der Waals surface area contributed by atoms with Crippen LogP contribution in [-0.4, -0.2) is 32.0 Å². The molecule has 1 N–H and O–H groups in total. The summed E-state index contributed by atoms with van der Waals surface area (Å²) in [5.74, 6) is 0.295. The van der Waals surface area contributed by atoms with Crippen LogP contribution in [0.5, 0.6) is 0 Å². The molecule has 3 nitrogen and oxygen atoms in total. The van der Waals surface area contributed by atoms with Gasteiger partial charge in [0, 0.05) is 18.8 Å². The largest absolute Gasteiger partial charge is 0.313 e. The maximum atomic E-state index is 11.7. The Hall–Kier alpha value is -0.0900. The number of sulfone groups is 1. The first-order valence-electron chi connectivity index (χ1n) is 5.22. The quantitative estimate of drug-likeness (QED) is 0.773. The van der Waals surface area contributed by atoms with Crippen LogP contribution < -0.4 is 5.32 Å². The van der Waals surface area contributed by atoms with Crippen LogP contribution in [0.3, 0.4) is 0 Å². The highest BCUT2D eigenvalue weighted by molar-refractivity contribution is 7.92. The zero-order chi connectivity index (χ0) is 11.0. The van der Waals surface area contributed by atoms with Crippen LogP contribution in [-0.2, 0) is 9.84 Å². The third-order valence-corrected chi connectivity index (χ3v) is 5.67. The van der Waals surface area contributed by atoms with E-state index in [0.29, 0.717) is 18.5 Å². The van der Waals surface area contributed by atoms with Crippen molar-refractivity contribution in [2.75, 3.05) is 12.8 Å². The minimum Gasteiger partial charge on any atom is -0.313 e. The lowest BCUT2D eigenvalue weighted by molar-refractivity contribution is 0.213. The molecule has 0 amide bonds. The van der Waals surface area contributed by atoms with Crippen LogP contribution in [0.1, 0.15) is 33.6 Å². The van der Waals surface area contributed by atoms with Gasteiger partial charge in [0.05, 0.1) is 4.75 Å². The zero-order valence-electron chi connectivity index (χ0n) is 9.50. The normalized spacial score (nSPS) is 33.1. The van der Waals surface area contributed by atoms with Gasteiger partial charge in [-0.25, -0.2) is 8.42 Å². The second kappa shape index (κ2) is 3.81. The fourth-order valence-electron chi connectivity index (χ4n) is 2.08. The van der Waals surface area contributed by atoms with Crippen molar-refractivity contribution in [2.45, 2.75) is 44.4 Å². The van der Waals surface area contributed by atoms with Crippen LogP contribution in [0.25, 0.3) is 0 Å². The Morgan fingerprint density at radius 3 is 2.29 bits per heavy atom. The third kappa shape index (κ3) is 1.96. The van der Waals surface area contributed by atoms with E-state index >= 15 is 0 Å². The van der Waals surface area contributed by atoms with Gasteiger partial charge in [-0.3, -0.25) is 0 Å². The summed E-state index contributed by atoms with van der Waals surface area (Å²) < 4.78 is 22.9. The molecule has 2 unspecified atom stereocenters. The number of hydrogen-bond donors (Lipinski definition) is 1. The lowest BCUT2D eigenvalue weighted by atomic mass is 9.74. The topological polar surface area (TPSA) is 46.2 Å². The summed E-state index contributed by atoms with van der Waals surface area (Å²) in [6.45, 7) is 6.72. The van der Waals surface area contributed by atoms with Crippen molar-refractivity contribution in [1.82, 2.24) is 5.32 Å². The van der Waals surface area contributed by atoms with Crippen molar-refractivity contribution >= 4 is 9.84 Å². The highest BCUT2D eigenvalue weighted by atomic mass is 32.2. The monoisotopic (exact) mass is 219 g/mol. The molecule has 2 atom stereocenters. The molecule has 4 heteroatoms. The molecule has 0 saturated heterocycles. The van der Waals surface area contributed by atoms with Gasteiger partial charge in [-0.15, -0.1) is 0 Å². The van der Waals surface area contributed by atoms with Crippen LogP contribution >= 0.6 is 0 Å². The predicted octanol–water partition coefficient (Wildman–Crippen LogP) is 1.20. The van der Waals surface area contributed by atoms with Crippen molar-refractivity contribution in [2.24, 2.45) is 5.92 Å². The van der Waals surface area contributed by atoms with Gasteiger partial charge in [-0.05, 0) is 18.8 Å². The van der Waals surface area contributed by atoms with Gasteiger partial charge in [0.2, 0.25) is 0 Å². The second-order valence-electron chi connectivity index (χ2n) is 4.81. The first-order valence-corrected chi connectivity index (χ1v) is 7.12. The summed E-state index contributed by atoms with van der Waals surface area (Å²) in [4.78, 5) is 0. The van der Waals surface area contributed by atoms with Crippen molar-refractivity contribution in [3.05, 3.63) is 0 Å². The summed E-state index contributed by atoms with van der Waals surface area (Å²) in [5, 5.41) is 3.25. The minimum absolute atomic E-state index is 0.295. The zero-order valence-corrected chi connectivity index (χ0v) is 10.3. The number of rotatable bonds is 4. The molecular formula is C10H21NO2S. The molecule has 84 valence electrons. The van der Waals surface area contributed by atoms with E-state index in [9.17, 15) is 8.42 Å². The maximum absolute atomic E-state index is 11.7. The first-order chi connectivity index (χ1) is 6.29. The molecule has 14 heavy (non-hydrogen) atoms. The molecule has 1 aliphatic rings. The maximum Gasteiger partial charge on any atom is 0.154 e. The number of hydrogen-bond acceptors (Lipinski definition) is 3. The van der Waals surface area contributed by atoms with E-state index in [0.717, 1.165) is 12.8 Å². The van der Waals surface area contributed by atoms with Crippen LogP contribution in [0.4, 0.5) is 0 Å². The minimum atomic E-state index is -2.94. The molecule has 0 spiro atoms. The molecule has 0 aromatic carbocycles. The lowest BCUT2D eigenvalue weighted by Gasteiger charge is -2.46. The Morgan fingerprint density at radius 2 is 2.07 bits per heavy atom. The summed E-state index contributed by atoms with van der Waals surface area (Å²) in [7, 11) is -2.94. The molecule has 0 radical (unpaired) electrons. The molecule has 1 fully saturated rings. The van der Waals surface area contributed by atoms with Crippen molar-refractivity contribution in [3.8, 4) is 0 Å². The molecule has 1 aliphatic carbocycles. The van der Waals surface area contributed by atoms with Gasteiger partial charge in [0.1, 0.15) is 0 Å². The Bertz CT molecular complexity index is 297. The third-order valence-electron chi connectivity index (χ3n) is 3.45. The van der Waals surface area contributed by atoms with Gasteiger partial charge >= 0.3 is 0 Å². The molecule has 1 saturated carbocycles. The summed E-state index contributed by atoms with van der Waals surface area (Å²) in [6, 6.07) is 0.349. The average Bonchev–Trinajstić information content (AvgIpc) is 1.99. The Labute approximate surface area is 87.2 Å². The standard InChI is InChI=1S/C10H21NO2S/c1-8(2)11-7-10(14(4,12)13)6-5-9(10)3/h8-9,11H,5-7H2,1-4H3. The van der Waals surface area contributed by atoms with E-state index in [-0.39, 0.29) is 0 Å². The van der Waals surface area contributed by atoms with E-state index in [2.05, 4.69) is 5.32 Å². The highest BCUT2D eigenvalue weighted by Crippen LogP contribution is 2.43. The van der Waals surface area contributed by atoms with E-state index in [4.69, 9.17) is 0 Å². The summed E-state index contributed by atoms with van der Waals surface area (Å²) in [5.41, 5.74) is 0. The molecular weight excluding hydrogens is 198 g/mol. The fourth-order valence-corrected chi connectivity index (χ4v) is 3.76. The average molecular weight is 219 g/mol. The van der Waals surface area contributed by atoms with Gasteiger partial charge in [0.25, 0.3) is 0 Å². The van der Waals surface area contributed by atoms with Crippen molar-refractivity contribution < 1.29 is 8.42 Å². The summed E-state index contributed by atoms with van der Waals surface area (Å²) >= 11 is 0. The Morgan fingerprint density at radius 1 is 1.50 bits per heavy atom. The van der Waals surface area contributed by atoms with E-state index in [1.165, 1.54) is 6.26 Å². The smallest absolute Gasteiger partial charge is 0.154 e. The molecule has 1 rings (SSSR count). The van der Waals surface area contributed by atoms with Gasteiger partial charge in [0.15, 0.2) is 9.84 Å². The number of nitrogens with one attached hydrogen (secondary N) is 1. The summed E-state index contributed by atoms with van der Waals surface area (Å²) in [6.07, 6.45) is 3.21. The molecule has 0 aliphatic heterocycles. The highest BCUT2D eigenvalue weighted by Gasteiger charge is 2.51. The van der Waals surface area contributed by atoms with E-state index in [1.807, 2.05) is 20.8 Å². The Balaban J connectivity index is 2.75. The van der Waals surface area contributed by atoms with Crippen LogP contribution in [0, 0.1) is 5.92 Å². The predicted molar refractivity (Wildman–Crippen MR) is 59.1 cm³/mol. The lowest BCUT2D eigenvalue weighted by Crippen LogP contribution is -2.58. The van der Waals surface area contributed by atoms with Gasteiger partial charge < -0.3 is 5.32 Å². The van der Waals surface area contributed by atoms with Crippen LogP contribution in [0.15, 0.2) is 0 Å². The van der Waals surface area contributed by atoms with Gasteiger partial charge in [-0.1, -0.05) is 20.8 Å². The molecule has 0 bridgehead atoms. The van der Waals surface area contributed by atoms with Crippen LogP contribution in [0.2, 0.25) is 0 Å². The van der Waals surface area contributed by atoms with Gasteiger partial charge in [-0.2, -0.15) is 0 Å². The molecule has 0 aromatic rings. The second-order valence-corrected chi connectivity index (χ2v) is 7.17. The molecule has 0 aromatic heterocycles. The van der Waals surface area contributed by atoms with E-state index < -0.39 is 14.6 Å². The van der Waals surface area contributed by atoms with Crippen molar-refractivity contribution in [1.29, 1.82) is 0 Å². The SMILES string of the molecule is CC(C)NCC1(S(C)(=O)=O)CCC1C. The first kappa shape index (κ1) is 12.0. The van der Waals surface area contributed by atoms with E-state index in [1.54, 1.807) is 0 Å².